The highest BCUT2D eigenvalue weighted by Gasteiger charge is 1.94. The fourth-order valence-corrected chi connectivity index (χ4v) is 1.04. The fourth-order valence-electron chi connectivity index (χ4n) is 0.471. The van der Waals surface area contributed by atoms with Crippen molar-refractivity contribution < 1.29 is 14.6 Å². The summed E-state index contributed by atoms with van der Waals surface area (Å²) in [7, 11) is 0. The number of carbonyl (C=O) groups is 1. The van der Waals surface area contributed by atoms with Crippen molar-refractivity contribution in [3.8, 4) is 0 Å². The van der Waals surface area contributed by atoms with Gasteiger partial charge in [0.05, 0.1) is 13.2 Å². The molecule has 0 aliphatic heterocycles. The van der Waals surface area contributed by atoms with Crippen LogP contribution in [0.1, 0.15) is 0 Å². The number of nitrogens with one attached hydrogen (secondary N) is 1. The molecule has 0 radical (unpaired) electrons. The number of rotatable bonds is 8. The Bertz CT molecular complexity index is 123. The Morgan fingerprint density at radius 3 is 2.92 bits per heavy atom. The average molecular weight is 194 g/mol. The van der Waals surface area contributed by atoms with Gasteiger partial charge in [-0.15, -0.1) is 0 Å². The number of hydrogen-bond acceptors (Lipinski definition) is 5. The van der Waals surface area contributed by atoms with Crippen LogP contribution in [0.25, 0.3) is 0 Å². The average Bonchev–Trinajstić information content (AvgIpc) is 2.02. The van der Waals surface area contributed by atoms with E-state index in [1.807, 2.05) is 0 Å². The number of carboxylic acid groups (broad SMARTS) is 1. The summed E-state index contributed by atoms with van der Waals surface area (Å²) in [5.41, 5.74) is 5.18. The van der Waals surface area contributed by atoms with E-state index in [4.69, 9.17) is 15.6 Å². The number of carboxylic acids is 1. The lowest BCUT2D eigenvalue weighted by molar-refractivity contribution is -0.135. The van der Waals surface area contributed by atoms with Crippen LogP contribution in [0, 0.1) is 0 Å². The third-order valence-electron chi connectivity index (χ3n) is 0.917. The molecule has 12 heavy (non-hydrogen) atoms. The van der Waals surface area contributed by atoms with Gasteiger partial charge in [0.2, 0.25) is 0 Å². The second kappa shape index (κ2) is 8.79. The molecule has 0 heterocycles. The summed E-state index contributed by atoms with van der Waals surface area (Å²) in [4.78, 5) is 10.0. The number of aliphatic carboxylic acids is 1. The highest BCUT2D eigenvalue weighted by Crippen LogP contribution is 1.91. The Hall–Kier alpha value is -0.300. The third kappa shape index (κ3) is 9.70. The molecule has 0 aromatic heterocycles. The molecule has 5 nitrogen and oxygen atoms in total. The van der Waals surface area contributed by atoms with Gasteiger partial charge in [-0.1, -0.05) is 11.9 Å². The molecule has 72 valence electrons. The van der Waals surface area contributed by atoms with Crippen molar-refractivity contribution in [3.05, 3.63) is 0 Å². The Morgan fingerprint density at radius 1 is 1.58 bits per heavy atom. The first-order valence-electron chi connectivity index (χ1n) is 3.61. The van der Waals surface area contributed by atoms with Crippen molar-refractivity contribution in [2.45, 2.75) is 0 Å². The van der Waals surface area contributed by atoms with Crippen LogP contribution < -0.4 is 10.5 Å². The summed E-state index contributed by atoms with van der Waals surface area (Å²) in [6, 6.07) is 0. The lowest BCUT2D eigenvalue weighted by Crippen LogP contribution is -2.17. The van der Waals surface area contributed by atoms with E-state index < -0.39 is 5.97 Å². The van der Waals surface area contributed by atoms with Crippen LogP contribution in [0.4, 0.5) is 0 Å². The molecule has 0 aliphatic rings. The van der Waals surface area contributed by atoms with Gasteiger partial charge in [-0.05, 0) is 0 Å². The first kappa shape index (κ1) is 11.7. The standard InChI is InChI=1S/C6H14N2O3S/c7-1-2-11-3-4-12-8-5-6(9)10/h8H,1-5,7H2,(H,9,10). The second-order valence-corrected chi connectivity index (χ2v) is 2.95. The van der Waals surface area contributed by atoms with E-state index >= 15 is 0 Å². The molecule has 4 N–H and O–H groups in total. The third-order valence-corrected chi connectivity index (χ3v) is 1.64. The van der Waals surface area contributed by atoms with Gasteiger partial charge < -0.3 is 15.6 Å². The van der Waals surface area contributed by atoms with Crippen LogP contribution in [0.15, 0.2) is 0 Å². The highest BCUT2D eigenvalue weighted by molar-refractivity contribution is 7.97. The lowest BCUT2D eigenvalue weighted by atomic mass is 10.7. The van der Waals surface area contributed by atoms with Gasteiger partial charge in [-0.3, -0.25) is 9.52 Å². The molecule has 0 atom stereocenters. The predicted octanol–water partition coefficient (Wildman–Crippen LogP) is -0.716. The molecule has 0 aromatic carbocycles. The van der Waals surface area contributed by atoms with E-state index in [-0.39, 0.29) is 6.54 Å². The topological polar surface area (TPSA) is 84.6 Å². The summed E-state index contributed by atoms with van der Waals surface area (Å²) in [6.45, 7) is 1.64. The van der Waals surface area contributed by atoms with Gasteiger partial charge in [0.25, 0.3) is 0 Å². The maximum absolute atomic E-state index is 10.0. The first-order valence-corrected chi connectivity index (χ1v) is 4.60. The zero-order valence-electron chi connectivity index (χ0n) is 6.78. The van der Waals surface area contributed by atoms with E-state index in [1.54, 1.807) is 0 Å². The molecule has 0 saturated carbocycles. The zero-order chi connectivity index (χ0) is 9.23. The number of nitrogens with two attached hydrogens (primary N) is 1. The first-order chi connectivity index (χ1) is 5.77. The van der Waals surface area contributed by atoms with Crippen molar-refractivity contribution in [3.63, 3.8) is 0 Å². The van der Waals surface area contributed by atoms with Crippen LogP contribution in [0.2, 0.25) is 0 Å². The largest absolute Gasteiger partial charge is 0.480 e. The van der Waals surface area contributed by atoms with E-state index in [9.17, 15) is 4.79 Å². The smallest absolute Gasteiger partial charge is 0.318 e. The quantitative estimate of drug-likeness (QED) is 0.349. The molecule has 0 aromatic rings. The van der Waals surface area contributed by atoms with Gasteiger partial charge in [0.15, 0.2) is 0 Å². The minimum absolute atomic E-state index is 0.0262. The summed E-state index contributed by atoms with van der Waals surface area (Å²) in [6.07, 6.45) is 0. The van der Waals surface area contributed by atoms with Crippen LogP contribution in [0.3, 0.4) is 0 Å². The Kier molecular flexibility index (Phi) is 8.57. The molecule has 0 rings (SSSR count). The minimum Gasteiger partial charge on any atom is -0.480 e. The van der Waals surface area contributed by atoms with Crippen LogP contribution in [-0.2, 0) is 9.53 Å². The summed E-state index contributed by atoms with van der Waals surface area (Å²) < 4.78 is 7.72. The second-order valence-electron chi connectivity index (χ2n) is 1.96. The van der Waals surface area contributed by atoms with Crippen molar-refractivity contribution >= 4 is 17.9 Å². The highest BCUT2D eigenvalue weighted by atomic mass is 32.2. The molecule has 0 bridgehead atoms. The Balaban J connectivity index is 2.86. The van der Waals surface area contributed by atoms with Crippen LogP contribution >= 0.6 is 11.9 Å². The van der Waals surface area contributed by atoms with E-state index in [1.165, 1.54) is 11.9 Å². The Morgan fingerprint density at radius 2 is 2.33 bits per heavy atom. The molecule has 0 amide bonds. The molecule has 0 unspecified atom stereocenters. The van der Waals surface area contributed by atoms with Crippen LogP contribution in [-0.4, -0.2) is 43.1 Å². The van der Waals surface area contributed by atoms with Gasteiger partial charge in [-0.2, -0.15) is 0 Å². The summed E-state index contributed by atoms with van der Waals surface area (Å²) in [5, 5.41) is 8.23. The van der Waals surface area contributed by atoms with E-state index in [2.05, 4.69) is 4.72 Å². The fraction of sp³-hybridized carbons (Fsp3) is 0.833. The van der Waals surface area contributed by atoms with Crippen molar-refractivity contribution in [2.75, 3.05) is 32.1 Å². The van der Waals surface area contributed by atoms with Crippen molar-refractivity contribution in [2.24, 2.45) is 5.73 Å². The number of hydrogen-bond donors (Lipinski definition) is 3. The van der Waals surface area contributed by atoms with Gasteiger partial charge in [-0.25, -0.2) is 0 Å². The monoisotopic (exact) mass is 194 g/mol. The molecule has 0 fully saturated rings. The van der Waals surface area contributed by atoms with E-state index in [0.717, 1.165) is 5.75 Å². The zero-order valence-corrected chi connectivity index (χ0v) is 7.60. The van der Waals surface area contributed by atoms with Crippen molar-refractivity contribution in [1.82, 2.24) is 4.72 Å². The molecular weight excluding hydrogens is 180 g/mol. The molecular formula is C6H14N2O3S. The summed E-state index contributed by atoms with van der Waals surface area (Å²) >= 11 is 1.34. The van der Waals surface area contributed by atoms with Gasteiger partial charge >= 0.3 is 5.97 Å². The lowest BCUT2D eigenvalue weighted by Gasteiger charge is -2.01. The maximum Gasteiger partial charge on any atom is 0.318 e. The number of ether oxygens (including phenoxy) is 1. The SMILES string of the molecule is NCCOCCSNCC(=O)O. The van der Waals surface area contributed by atoms with Gasteiger partial charge in [0, 0.05) is 12.3 Å². The maximum atomic E-state index is 10.0. The molecule has 0 spiro atoms. The normalized spacial score (nSPS) is 10.1. The Labute approximate surface area is 75.8 Å². The predicted molar refractivity (Wildman–Crippen MR) is 48.0 cm³/mol. The molecule has 6 heteroatoms. The van der Waals surface area contributed by atoms with Crippen LogP contribution in [0.5, 0.6) is 0 Å². The van der Waals surface area contributed by atoms with E-state index in [0.29, 0.717) is 19.8 Å². The van der Waals surface area contributed by atoms with Gasteiger partial charge in [0.1, 0.15) is 6.54 Å². The van der Waals surface area contributed by atoms with Crippen molar-refractivity contribution in [1.29, 1.82) is 0 Å². The molecule has 0 saturated heterocycles. The minimum atomic E-state index is -0.856. The molecule has 0 aliphatic carbocycles. The summed E-state index contributed by atoms with van der Waals surface area (Å²) in [5.74, 6) is -0.127.